The third-order valence-corrected chi connectivity index (χ3v) is 3.80. The van der Waals surface area contributed by atoms with Gasteiger partial charge >= 0.3 is 5.69 Å². The van der Waals surface area contributed by atoms with Gasteiger partial charge in [0.1, 0.15) is 17.2 Å². The summed E-state index contributed by atoms with van der Waals surface area (Å²) in [7, 11) is 4.30. The fourth-order valence-corrected chi connectivity index (χ4v) is 2.42. The van der Waals surface area contributed by atoms with Gasteiger partial charge in [0, 0.05) is 26.2 Å². The molecule has 0 unspecified atom stereocenters. The van der Waals surface area contributed by atoms with E-state index in [1.54, 1.807) is 30.1 Å². The number of hydrogen-bond acceptors (Lipinski definition) is 5. The number of nitrogens with two attached hydrogens (primary N) is 1. The Morgan fingerprint density at radius 2 is 1.83 bits per heavy atom. The number of carbonyl (C=O) groups excluding carboxylic acids is 1. The molecule has 128 valence electrons. The van der Waals surface area contributed by atoms with Gasteiger partial charge in [-0.05, 0) is 13.1 Å². The molecule has 0 fully saturated rings. The lowest BCUT2D eigenvalue weighted by Crippen LogP contribution is -2.43. The van der Waals surface area contributed by atoms with Gasteiger partial charge in [-0.3, -0.25) is 23.6 Å². The number of likely N-dealkylation sites (N-methyl/N-ethyl adjacent to an activating group) is 1. The molecular formula is C16H19FN4O3. The van der Waals surface area contributed by atoms with Gasteiger partial charge < -0.3 is 5.73 Å². The Bertz CT molecular complexity index is 901. The highest BCUT2D eigenvalue weighted by Gasteiger charge is 2.21. The molecule has 1 aromatic heterocycles. The van der Waals surface area contributed by atoms with Crippen LogP contribution < -0.4 is 17.0 Å². The first-order valence-electron chi connectivity index (χ1n) is 7.24. The summed E-state index contributed by atoms with van der Waals surface area (Å²) in [5, 5.41) is 0. The lowest BCUT2D eigenvalue weighted by molar-refractivity contribution is 0.0940. The predicted molar refractivity (Wildman–Crippen MR) is 88.4 cm³/mol. The second-order valence-corrected chi connectivity index (χ2v) is 5.65. The Morgan fingerprint density at radius 1 is 1.21 bits per heavy atom. The quantitative estimate of drug-likeness (QED) is 0.785. The predicted octanol–water partition coefficient (Wildman–Crippen LogP) is 0.120. The van der Waals surface area contributed by atoms with E-state index in [1.165, 1.54) is 20.2 Å². The molecule has 0 bridgehead atoms. The number of benzene rings is 1. The molecule has 0 radical (unpaired) electrons. The first-order chi connectivity index (χ1) is 11.2. The van der Waals surface area contributed by atoms with Crippen LogP contribution in [0.5, 0.6) is 0 Å². The van der Waals surface area contributed by atoms with Crippen LogP contribution in [0.1, 0.15) is 15.9 Å². The Morgan fingerprint density at radius 3 is 2.46 bits per heavy atom. The van der Waals surface area contributed by atoms with Crippen LogP contribution in [0.2, 0.25) is 0 Å². The molecule has 2 N–H and O–H groups in total. The van der Waals surface area contributed by atoms with Gasteiger partial charge in [0.2, 0.25) is 0 Å². The summed E-state index contributed by atoms with van der Waals surface area (Å²) in [4.78, 5) is 38.0. The van der Waals surface area contributed by atoms with Gasteiger partial charge in [-0.15, -0.1) is 0 Å². The van der Waals surface area contributed by atoms with Gasteiger partial charge in [0.15, 0.2) is 5.78 Å². The van der Waals surface area contributed by atoms with Crippen molar-refractivity contribution in [1.29, 1.82) is 0 Å². The molecular weight excluding hydrogens is 315 g/mol. The fourth-order valence-electron chi connectivity index (χ4n) is 2.42. The maximum Gasteiger partial charge on any atom is 0.332 e. The average Bonchev–Trinajstić information content (AvgIpc) is 2.53. The van der Waals surface area contributed by atoms with Crippen molar-refractivity contribution in [2.24, 2.45) is 14.1 Å². The van der Waals surface area contributed by atoms with Gasteiger partial charge in [-0.2, -0.15) is 0 Å². The molecule has 0 amide bonds. The Labute approximate surface area is 137 Å². The van der Waals surface area contributed by atoms with Crippen molar-refractivity contribution in [2.45, 2.75) is 6.54 Å². The maximum atomic E-state index is 13.7. The van der Waals surface area contributed by atoms with E-state index < -0.39 is 17.0 Å². The number of rotatable bonds is 5. The highest BCUT2D eigenvalue weighted by Crippen LogP contribution is 2.10. The van der Waals surface area contributed by atoms with Crippen molar-refractivity contribution >= 4 is 11.6 Å². The number of nitrogen functional groups attached to an aromatic ring is 1. The average molecular weight is 334 g/mol. The summed E-state index contributed by atoms with van der Waals surface area (Å²) in [6.07, 6.45) is 0. The standard InChI is InChI=1S/C16H19FN4O3/c1-19(8-10-6-4-5-7-11(10)17)9-12(22)13-14(18)20(2)16(24)21(3)15(13)23/h4-7H,8-9,18H2,1-3H3. The van der Waals surface area contributed by atoms with Crippen LogP contribution in [0.4, 0.5) is 10.2 Å². The van der Waals surface area contributed by atoms with Crippen molar-refractivity contribution in [3.63, 3.8) is 0 Å². The number of anilines is 1. The molecule has 0 aliphatic rings. The minimum atomic E-state index is -0.736. The summed E-state index contributed by atoms with van der Waals surface area (Å²) in [6.45, 7) is 0.0658. The third-order valence-electron chi connectivity index (χ3n) is 3.80. The van der Waals surface area contributed by atoms with Crippen LogP contribution in [0.15, 0.2) is 33.9 Å². The molecule has 0 saturated heterocycles. The van der Waals surface area contributed by atoms with Crippen molar-refractivity contribution < 1.29 is 9.18 Å². The number of hydrogen-bond donors (Lipinski definition) is 1. The third kappa shape index (κ3) is 3.28. The number of nitrogens with zero attached hydrogens (tertiary/aromatic N) is 3. The van der Waals surface area contributed by atoms with E-state index >= 15 is 0 Å². The highest BCUT2D eigenvalue weighted by molar-refractivity contribution is 6.01. The van der Waals surface area contributed by atoms with Crippen LogP contribution in [-0.2, 0) is 20.6 Å². The monoisotopic (exact) mass is 334 g/mol. The minimum Gasteiger partial charge on any atom is -0.384 e. The zero-order valence-electron chi connectivity index (χ0n) is 13.7. The van der Waals surface area contributed by atoms with Gasteiger partial charge in [-0.25, -0.2) is 9.18 Å². The van der Waals surface area contributed by atoms with E-state index in [9.17, 15) is 18.8 Å². The first kappa shape index (κ1) is 17.6. The van der Waals surface area contributed by atoms with E-state index in [4.69, 9.17) is 5.73 Å². The molecule has 0 aliphatic heterocycles. The Kier molecular flexibility index (Phi) is 4.99. The van der Waals surface area contributed by atoms with Crippen LogP contribution in [-0.4, -0.2) is 33.4 Å². The van der Waals surface area contributed by atoms with Crippen LogP contribution in [0, 0.1) is 5.82 Å². The van der Waals surface area contributed by atoms with Crippen LogP contribution >= 0.6 is 0 Å². The van der Waals surface area contributed by atoms with Crippen molar-refractivity contribution in [3.05, 3.63) is 62.0 Å². The number of carbonyl (C=O) groups is 1. The Balaban J connectivity index is 2.26. The van der Waals surface area contributed by atoms with Gasteiger partial charge in [0.25, 0.3) is 5.56 Å². The number of ketones is 1. The number of aromatic nitrogens is 2. The van der Waals surface area contributed by atoms with Crippen molar-refractivity contribution in [3.8, 4) is 0 Å². The van der Waals surface area contributed by atoms with E-state index in [-0.39, 0.29) is 30.3 Å². The van der Waals surface area contributed by atoms with E-state index in [0.717, 1.165) is 9.13 Å². The zero-order chi connectivity index (χ0) is 18.0. The van der Waals surface area contributed by atoms with E-state index in [1.807, 2.05) is 0 Å². The molecule has 1 aromatic carbocycles. The van der Waals surface area contributed by atoms with Gasteiger partial charge in [0.05, 0.1) is 6.54 Å². The van der Waals surface area contributed by atoms with Crippen molar-refractivity contribution in [1.82, 2.24) is 14.0 Å². The summed E-state index contributed by atoms with van der Waals surface area (Å²) < 4.78 is 15.5. The summed E-state index contributed by atoms with van der Waals surface area (Å²) in [6, 6.07) is 6.25. The van der Waals surface area contributed by atoms with Gasteiger partial charge in [-0.1, -0.05) is 18.2 Å². The topological polar surface area (TPSA) is 90.3 Å². The molecule has 0 spiro atoms. The first-order valence-corrected chi connectivity index (χ1v) is 7.24. The molecule has 0 atom stereocenters. The molecule has 7 nitrogen and oxygen atoms in total. The largest absolute Gasteiger partial charge is 0.384 e. The SMILES string of the molecule is CN(CC(=O)c1c(N)n(C)c(=O)n(C)c1=O)Cc1ccccc1F. The molecule has 2 rings (SSSR count). The number of halogens is 1. The molecule has 2 aromatic rings. The molecule has 24 heavy (non-hydrogen) atoms. The lowest BCUT2D eigenvalue weighted by Gasteiger charge is -2.17. The second kappa shape index (κ2) is 6.79. The van der Waals surface area contributed by atoms with E-state index in [2.05, 4.69) is 0 Å². The number of Topliss-reactive ketones (excluding diaryl/α,β-unsaturated/α-hetero) is 1. The van der Waals surface area contributed by atoms with Crippen LogP contribution in [0.25, 0.3) is 0 Å². The fraction of sp³-hybridized carbons (Fsp3) is 0.312. The highest BCUT2D eigenvalue weighted by atomic mass is 19.1. The summed E-state index contributed by atoms with van der Waals surface area (Å²) in [5.74, 6) is -1.07. The molecule has 8 heteroatoms. The van der Waals surface area contributed by atoms with Crippen LogP contribution in [0.3, 0.4) is 0 Å². The smallest absolute Gasteiger partial charge is 0.332 e. The minimum absolute atomic E-state index is 0.133. The summed E-state index contributed by atoms with van der Waals surface area (Å²) in [5.41, 5.74) is 4.62. The molecule has 0 aliphatic carbocycles. The molecule has 0 saturated carbocycles. The zero-order valence-corrected chi connectivity index (χ0v) is 13.7. The normalized spacial score (nSPS) is 11.0. The lowest BCUT2D eigenvalue weighted by atomic mass is 10.1. The maximum absolute atomic E-state index is 13.7. The van der Waals surface area contributed by atoms with Crippen molar-refractivity contribution in [2.75, 3.05) is 19.3 Å². The second-order valence-electron chi connectivity index (χ2n) is 5.65. The van der Waals surface area contributed by atoms with E-state index in [0.29, 0.717) is 5.56 Å². The summed E-state index contributed by atoms with van der Waals surface area (Å²) >= 11 is 0. The Hall–Kier alpha value is -2.74. The molecule has 1 heterocycles.